The van der Waals surface area contributed by atoms with Crippen LogP contribution in [0.2, 0.25) is 0 Å². The molecule has 0 unspecified atom stereocenters. The molecule has 1 amide bonds. The number of nitrogens with one attached hydrogen (secondary N) is 1. The summed E-state index contributed by atoms with van der Waals surface area (Å²) in [5.74, 6) is 2.55. The molecule has 10 nitrogen and oxygen atoms in total. The molecule has 3 N–H and O–H groups in total. The van der Waals surface area contributed by atoms with Crippen molar-refractivity contribution in [3.05, 3.63) is 23.9 Å². The average Bonchev–Trinajstić information content (AvgIpc) is 2.80. The first-order chi connectivity index (χ1) is 15.0. The van der Waals surface area contributed by atoms with Crippen LogP contribution in [-0.4, -0.2) is 79.5 Å². The molecule has 2 fully saturated rings. The van der Waals surface area contributed by atoms with Crippen LogP contribution < -0.4 is 20.9 Å². The monoisotopic (exact) mass is 427 g/mol. The highest BCUT2D eigenvalue weighted by molar-refractivity contribution is 5.93. The van der Waals surface area contributed by atoms with Crippen molar-refractivity contribution in [2.75, 3.05) is 67.7 Å². The lowest BCUT2D eigenvalue weighted by atomic mass is 10.1. The molecule has 0 spiro atoms. The van der Waals surface area contributed by atoms with E-state index in [0.717, 1.165) is 48.9 Å². The topological polar surface area (TPSA) is 119 Å². The highest BCUT2D eigenvalue weighted by Crippen LogP contribution is 2.28. The third kappa shape index (κ3) is 5.09. The molecule has 2 aliphatic heterocycles. The van der Waals surface area contributed by atoms with Gasteiger partial charge in [-0.1, -0.05) is 0 Å². The first kappa shape index (κ1) is 21.4. The summed E-state index contributed by atoms with van der Waals surface area (Å²) >= 11 is 0. The first-order valence-electron chi connectivity index (χ1n) is 10.6. The second-order valence-electron chi connectivity index (χ2n) is 7.77. The second kappa shape index (κ2) is 9.54. The van der Waals surface area contributed by atoms with Gasteiger partial charge >= 0.3 is 0 Å². The summed E-state index contributed by atoms with van der Waals surface area (Å²) in [5.41, 5.74) is 7.37. The molecule has 2 aromatic heterocycles. The summed E-state index contributed by atoms with van der Waals surface area (Å²) in [7, 11) is 0. The fraction of sp³-hybridized carbons (Fsp3) is 0.524. The SMILES string of the molecule is Cc1cc(NC(=O)[C@H](C)N)ncc1-c1nc(N2CCOCC2)cc(N2CCOCC2)n1. The van der Waals surface area contributed by atoms with Gasteiger partial charge in [0, 0.05) is 44.0 Å². The predicted molar refractivity (Wildman–Crippen MR) is 118 cm³/mol. The number of pyridine rings is 1. The molecule has 0 radical (unpaired) electrons. The number of rotatable bonds is 5. The Morgan fingerprint density at radius 2 is 1.58 bits per heavy atom. The van der Waals surface area contributed by atoms with Gasteiger partial charge in [-0.15, -0.1) is 0 Å². The van der Waals surface area contributed by atoms with E-state index in [9.17, 15) is 4.79 Å². The number of carbonyl (C=O) groups is 1. The van der Waals surface area contributed by atoms with Crippen LogP contribution in [0.3, 0.4) is 0 Å². The Labute approximate surface area is 181 Å². The van der Waals surface area contributed by atoms with E-state index in [1.807, 2.05) is 19.1 Å². The van der Waals surface area contributed by atoms with Crippen LogP contribution in [0.1, 0.15) is 12.5 Å². The number of amides is 1. The summed E-state index contributed by atoms with van der Waals surface area (Å²) in [6.45, 7) is 9.48. The molecule has 2 aromatic rings. The Hall–Kier alpha value is -2.82. The van der Waals surface area contributed by atoms with Gasteiger partial charge in [-0.25, -0.2) is 15.0 Å². The van der Waals surface area contributed by atoms with Crippen LogP contribution in [0.15, 0.2) is 18.3 Å². The number of anilines is 3. The predicted octanol–water partition coefficient (Wildman–Crippen LogP) is 0.806. The zero-order valence-electron chi connectivity index (χ0n) is 18.0. The van der Waals surface area contributed by atoms with Gasteiger partial charge in [0.2, 0.25) is 5.91 Å². The van der Waals surface area contributed by atoms with Gasteiger partial charge in [0.1, 0.15) is 17.5 Å². The largest absolute Gasteiger partial charge is 0.378 e. The van der Waals surface area contributed by atoms with E-state index in [2.05, 4.69) is 20.1 Å². The van der Waals surface area contributed by atoms with Crippen molar-refractivity contribution in [2.45, 2.75) is 19.9 Å². The van der Waals surface area contributed by atoms with E-state index in [4.69, 9.17) is 25.2 Å². The van der Waals surface area contributed by atoms with Crippen molar-refractivity contribution in [2.24, 2.45) is 5.73 Å². The van der Waals surface area contributed by atoms with Crippen LogP contribution in [-0.2, 0) is 14.3 Å². The van der Waals surface area contributed by atoms with E-state index in [0.29, 0.717) is 38.1 Å². The molecule has 2 saturated heterocycles. The Balaban J connectivity index is 1.68. The fourth-order valence-electron chi connectivity index (χ4n) is 3.55. The molecule has 166 valence electrons. The Morgan fingerprint density at radius 3 is 2.06 bits per heavy atom. The van der Waals surface area contributed by atoms with Crippen LogP contribution >= 0.6 is 0 Å². The van der Waals surface area contributed by atoms with E-state index >= 15 is 0 Å². The van der Waals surface area contributed by atoms with Gasteiger partial charge in [-0.3, -0.25) is 4.79 Å². The number of nitrogens with two attached hydrogens (primary N) is 1. The Bertz CT molecular complexity index is 889. The normalized spacial score (nSPS) is 18.0. The highest BCUT2D eigenvalue weighted by atomic mass is 16.5. The minimum absolute atomic E-state index is 0.278. The van der Waals surface area contributed by atoms with E-state index in [1.165, 1.54) is 0 Å². The van der Waals surface area contributed by atoms with Gasteiger partial charge in [0.05, 0.1) is 32.5 Å². The maximum absolute atomic E-state index is 11.9. The zero-order valence-corrected chi connectivity index (χ0v) is 18.0. The number of morpholine rings is 2. The van der Waals surface area contributed by atoms with E-state index in [1.54, 1.807) is 13.1 Å². The smallest absolute Gasteiger partial charge is 0.242 e. The minimum atomic E-state index is -0.605. The molecule has 4 heterocycles. The molecule has 2 aliphatic rings. The summed E-state index contributed by atoms with van der Waals surface area (Å²) in [6, 6.07) is 3.25. The molecule has 0 aromatic carbocycles. The Kier molecular flexibility index (Phi) is 6.59. The molecular formula is C21H29N7O3. The molecule has 31 heavy (non-hydrogen) atoms. The molecule has 0 saturated carbocycles. The van der Waals surface area contributed by atoms with Crippen molar-refractivity contribution < 1.29 is 14.3 Å². The highest BCUT2D eigenvalue weighted by Gasteiger charge is 2.20. The lowest BCUT2D eigenvalue weighted by Crippen LogP contribution is -2.39. The lowest BCUT2D eigenvalue weighted by Gasteiger charge is -2.31. The van der Waals surface area contributed by atoms with Crippen molar-refractivity contribution in [3.8, 4) is 11.4 Å². The van der Waals surface area contributed by atoms with Crippen molar-refractivity contribution >= 4 is 23.4 Å². The number of carbonyl (C=O) groups excluding carboxylic acids is 1. The zero-order chi connectivity index (χ0) is 21.8. The molecule has 0 bridgehead atoms. The van der Waals surface area contributed by atoms with Crippen LogP contribution in [0.5, 0.6) is 0 Å². The quantitative estimate of drug-likeness (QED) is 0.714. The molecule has 10 heteroatoms. The van der Waals surface area contributed by atoms with Crippen molar-refractivity contribution in [3.63, 3.8) is 0 Å². The summed E-state index contributed by atoms with van der Waals surface area (Å²) in [6.07, 6.45) is 1.70. The summed E-state index contributed by atoms with van der Waals surface area (Å²) < 4.78 is 11.0. The van der Waals surface area contributed by atoms with Gasteiger partial charge in [0.15, 0.2) is 5.82 Å². The number of nitrogens with zero attached hydrogens (tertiary/aromatic N) is 5. The molecular weight excluding hydrogens is 398 g/mol. The first-order valence-corrected chi connectivity index (χ1v) is 10.6. The average molecular weight is 428 g/mol. The van der Waals surface area contributed by atoms with Crippen molar-refractivity contribution in [1.29, 1.82) is 0 Å². The second-order valence-corrected chi connectivity index (χ2v) is 7.77. The van der Waals surface area contributed by atoms with Crippen LogP contribution in [0, 0.1) is 6.92 Å². The number of hydrogen-bond acceptors (Lipinski definition) is 9. The Morgan fingerprint density at radius 1 is 1.03 bits per heavy atom. The van der Waals surface area contributed by atoms with E-state index < -0.39 is 6.04 Å². The maximum Gasteiger partial charge on any atom is 0.242 e. The number of ether oxygens (including phenoxy) is 2. The summed E-state index contributed by atoms with van der Waals surface area (Å²) in [4.78, 5) is 30.4. The fourth-order valence-corrected chi connectivity index (χ4v) is 3.55. The standard InChI is InChI=1S/C21H29N7O3/c1-14-11-17(24-21(29)15(2)22)23-13-16(14)20-25-18(27-3-7-30-8-4-27)12-19(26-20)28-5-9-31-10-6-28/h11-13,15H,3-10,22H2,1-2H3,(H,23,24,29)/t15-/m0/s1. The number of aryl methyl sites for hydroxylation is 1. The molecule has 1 atom stereocenters. The van der Waals surface area contributed by atoms with Crippen molar-refractivity contribution in [1.82, 2.24) is 15.0 Å². The lowest BCUT2D eigenvalue weighted by molar-refractivity contribution is -0.117. The van der Waals surface area contributed by atoms with E-state index in [-0.39, 0.29) is 5.91 Å². The van der Waals surface area contributed by atoms with Gasteiger partial charge < -0.3 is 30.3 Å². The van der Waals surface area contributed by atoms with Gasteiger partial charge in [-0.2, -0.15) is 0 Å². The molecule has 0 aliphatic carbocycles. The number of aromatic nitrogens is 3. The number of hydrogen-bond donors (Lipinski definition) is 2. The third-order valence-electron chi connectivity index (χ3n) is 5.39. The van der Waals surface area contributed by atoms with Crippen LogP contribution in [0.4, 0.5) is 17.5 Å². The summed E-state index contributed by atoms with van der Waals surface area (Å²) in [5, 5.41) is 2.73. The maximum atomic E-state index is 11.9. The minimum Gasteiger partial charge on any atom is -0.378 e. The van der Waals surface area contributed by atoms with Gasteiger partial charge in [-0.05, 0) is 25.5 Å². The van der Waals surface area contributed by atoms with Crippen LogP contribution in [0.25, 0.3) is 11.4 Å². The van der Waals surface area contributed by atoms with Gasteiger partial charge in [0.25, 0.3) is 0 Å². The third-order valence-corrected chi connectivity index (χ3v) is 5.39. The molecule has 4 rings (SSSR count).